The molecule has 5 nitrogen and oxygen atoms in total. The summed E-state index contributed by atoms with van der Waals surface area (Å²) in [5.41, 5.74) is 1.58. The Morgan fingerprint density at radius 1 is 1.12 bits per heavy atom. The second-order valence-electron chi connectivity index (χ2n) is 12.1. The van der Waals surface area contributed by atoms with E-state index in [0.717, 1.165) is 12.1 Å². The molecule has 1 fully saturated rings. The van der Waals surface area contributed by atoms with Crippen LogP contribution < -0.4 is 5.32 Å². The molecule has 4 rings (SSSR count). The monoisotopic (exact) mass is 574 g/mol. The third-order valence-electron chi connectivity index (χ3n) is 7.84. The average molecular weight is 575 g/mol. The zero-order chi connectivity index (χ0) is 29.3. The Balaban J connectivity index is 1.77. The summed E-state index contributed by atoms with van der Waals surface area (Å²) in [4.78, 5) is 6.48. The van der Waals surface area contributed by atoms with Crippen molar-refractivity contribution in [3.05, 3.63) is 65.6 Å². The van der Waals surface area contributed by atoms with E-state index >= 15 is 0 Å². The molecule has 3 aromatic rings. The van der Waals surface area contributed by atoms with Crippen LogP contribution in [-0.2, 0) is 10.8 Å². The molecule has 1 saturated heterocycles. The third-order valence-corrected chi connectivity index (χ3v) is 12.3. The predicted molar refractivity (Wildman–Crippen MR) is 154 cm³/mol. The standard InChI is InChI=1S/C30H38F4N4OSi/c1-29(2,3)40(5,6)39-27(21-11-8-7-9-12-21)15-14-24-26(19-30(32,33)34)38-17-10-13-25(28(38)36-24)35-23-16-18-37(4)20-22(23)31/h7-13,17,22-23,27,35H,16,18-20H2,1-6H3/t22-,23+,27-/m0/s1. The first-order chi connectivity index (χ1) is 18.6. The number of alkyl halides is 4. The number of aromatic nitrogens is 2. The van der Waals surface area contributed by atoms with E-state index in [0.29, 0.717) is 24.3 Å². The number of nitrogens with one attached hydrogen (secondary N) is 1. The van der Waals surface area contributed by atoms with E-state index in [1.165, 1.54) is 4.40 Å². The van der Waals surface area contributed by atoms with Crippen LogP contribution >= 0.6 is 0 Å². The molecule has 3 heterocycles. The second kappa shape index (κ2) is 11.5. The van der Waals surface area contributed by atoms with Crippen LogP contribution in [0.15, 0.2) is 48.7 Å². The second-order valence-corrected chi connectivity index (χ2v) is 16.8. The van der Waals surface area contributed by atoms with Gasteiger partial charge in [0.1, 0.15) is 18.0 Å². The lowest BCUT2D eigenvalue weighted by Crippen LogP contribution is -2.46. The molecule has 0 radical (unpaired) electrons. The van der Waals surface area contributed by atoms with E-state index in [1.54, 1.807) is 18.3 Å². The Morgan fingerprint density at radius 3 is 2.45 bits per heavy atom. The van der Waals surface area contributed by atoms with Crippen LogP contribution in [0.2, 0.25) is 18.1 Å². The molecule has 0 amide bonds. The van der Waals surface area contributed by atoms with Crippen molar-refractivity contribution in [2.45, 2.75) is 76.2 Å². The lowest BCUT2D eigenvalue weighted by Gasteiger charge is -2.38. The van der Waals surface area contributed by atoms with Gasteiger partial charge in [0.25, 0.3) is 0 Å². The molecule has 1 aliphatic rings. The average Bonchev–Trinajstić information content (AvgIpc) is 3.20. The van der Waals surface area contributed by atoms with Gasteiger partial charge < -0.3 is 19.0 Å². The molecule has 0 bridgehead atoms. The molecule has 10 heteroatoms. The molecule has 2 aromatic heterocycles. The topological polar surface area (TPSA) is 41.8 Å². The first-order valence-corrected chi connectivity index (χ1v) is 16.5. The highest BCUT2D eigenvalue weighted by molar-refractivity contribution is 6.74. The summed E-state index contributed by atoms with van der Waals surface area (Å²) < 4.78 is 64.0. The Hall–Kier alpha value is -2.87. The van der Waals surface area contributed by atoms with Gasteiger partial charge in [-0.15, -0.1) is 0 Å². The number of rotatable bonds is 6. The van der Waals surface area contributed by atoms with E-state index in [-0.39, 0.29) is 16.4 Å². The van der Waals surface area contributed by atoms with E-state index < -0.39 is 39.2 Å². The Bertz CT molecular complexity index is 1370. The van der Waals surface area contributed by atoms with Crippen LogP contribution in [0.3, 0.4) is 0 Å². The summed E-state index contributed by atoms with van der Waals surface area (Å²) in [5, 5.41) is 3.11. The molecule has 0 saturated carbocycles. The predicted octanol–water partition coefficient (Wildman–Crippen LogP) is 7.01. The van der Waals surface area contributed by atoms with Crippen molar-refractivity contribution in [3.63, 3.8) is 0 Å². The quantitative estimate of drug-likeness (QED) is 0.195. The molecule has 0 spiro atoms. The Kier molecular flexibility index (Phi) is 8.69. The van der Waals surface area contributed by atoms with Crippen LogP contribution in [-0.4, -0.2) is 61.1 Å². The first kappa shape index (κ1) is 30.1. The number of fused-ring (bicyclic) bond motifs is 1. The largest absolute Gasteiger partial charge is 0.399 e. The van der Waals surface area contributed by atoms with Crippen molar-refractivity contribution in [1.82, 2.24) is 14.3 Å². The van der Waals surface area contributed by atoms with Gasteiger partial charge in [-0.3, -0.25) is 0 Å². The van der Waals surface area contributed by atoms with Gasteiger partial charge in [-0.05, 0) is 55.2 Å². The maximum Gasteiger partial charge on any atom is 0.394 e. The Labute approximate surface area is 235 Å². The van der Waals surface area contributed by atoms with Gasteiger partial charge in [-0.1, -0.05) is 57.0 Å². The summed E-state index contributed by atoms with van der Waals surface area (Å²) in [6, 6.07) is 12.4. The molecule has 1 N–H and O–H groups in total. The Morgan fingerprint density at radius 2 is 1.82 bits per heavy atom. The summed E-state index contributed by atoms with van der Waals surface area (Å²) in [7, 11) is -0.410. The lowest BCUT2D eigenvalue weighted by molar-refractivity contribution is -0.128. The van der Waals surface area contributed by atoms with Gasteiger partial charge in [0.2, 0.25) is 0 Å². The number of piperidine rings is 1. The molecule has 1 aliphatic heterocycles. The zero-order valence-corrected chi connectivity index (χ0v) is 24.9. The number of halogens is 4. The fourth-order valence-electron chi connectivity index (χ4n) is 4.52. The SMILES string of the molecule is CN1CC[C@@H](Nc2cccn3c(CC(F)(F)F)c(C#C[C@H](O[Si](C)(C)C(C)(C)C)c4ccccc4)nc23)[C@@H](F)C1. The molecular formula is C30H38F4N4OSi. The molecular weight excluding hydrogens is 536 g/mol. The number of hydrogen-bond donors (Lipinski definition) is 1. The van der Waals surface area contributed by atoms with Crippen LogP contribution in [0.4, 0.5) is 23.2 Å². The van der Waals surface area contributed by atoms with Gasteiger partial charge in [-0.2, -0.15) is 13.2 Å². The van der Waals surface area contributed by atoms with Crippen LogP contribution in [0.1, 0.15) is 50.2 Å². The molecule has 0 aliphatic carbocycles. The maximum atomic E-state index is 14.8. The van der Waals surface area contributed by atoms with Gasteiger partial charge in [0.15, 0.2) is 14.0 Å². The normalized spacial score (nSPS) is 19.8. The summed E-state index contributed by atoms with van der Waals surface area (Å²) >= 11 is 0. The van der Waals surface area contributed by atoms with Gasteiger partial charge in [0.05, 0.1) is 23.8 Å². The smallest absolute Gasteiger partial charge is 0.394 e. The van der Waals surface area contributed by atoms with E-state index in [1.807, 2.05) is 42.3 Å². The molecule has 216 valence electrons. The highest BCUT2D eigenvalue weighted by Gasteiger charge is 2.39. The van der Waals surface area contributed by atoms with Crippen molar-refractivity contribution >= 4 is 19.7 Å². The molecule has 0 unspecified atom stereocenters. The number of nitrogens with zero attached hydrogens (tertiary/aromatic N) is 3. The maximum absolute atomic E-state index is 14.8. The van der Waals surface area contributed by atoms with E-state index in [2.05, 4.69) is 56.0 Å². The van der Waals surface area contributed by atoms with Gasteiger partial charge in [0, 0.05) is 19.3 Å². The number of pyridine rings is 1. The van der Waals surface area contributed by atoms with Crippen molar-refractivity contribution in [3.8, 4) is 11.8 Å². The fraction of sp³-hybridized carbons (Fsp3) is 0.500. The number of imidazole rings is 1. The summed E-state index contributed by atoms with van der Waals surface area (Å²) in [6.45, 7) is 11.6. The van der Waals surface area contributed by atoms with Crippen molar-refractivity contribution in [2.75, 3.05) is 25.5 Å². The minimum absolute atomic E-state index is 0.0338. The highest BCUT2D eigenvalue weighted by Crippen LogP contribution is 2.39. The first-order valence-electron chi connectivity index (χ1n) is 13.5. The minimum Gasteiger partial charge on any atom is -0.399 e. The summed E-state index contributed by atoms with van der Waals surface area (Å²) in [6.07, 6.45) is -5.28. The number of likely N-dealkylation sites (tertiary alicyclic amines) is 1. The third kappa shape index (κ3) is 7.06. The van der Waals surface area contributed by atoms with Gasteiger partial charge in [-0.25, -0.2) is 9.37 Å². The fourth-order valence-corrected chi connectivity index (χ4v) is 5.66. The van der Waals surface area contributed by atoms with Crippen molar-refractivity contribution < 1.29 is 22.0 Å². The van der Waals surface area contributed by atoms with Crippen LogP contribution in [0.25, 0.3) is 5.65 Å². The highest BCUT2D eigenvalue weighted by atomic mass is 28.4. The minimum atomic E-state index is -4.47. The number of benzene rings is 1. The number of hydrogen-bond acceptors (Lipinski definition) is 4. The van der Waals surface area contributed by atoms with Crippen molar-refractivity contribution in [2.24, 2.45) is 0 Å². The van der Waals surface area contributed by atoms with E-state index in [4.69, 9.17) is 4.43 Å². The summed E-state index contributed by atoms with van der Waals surface area (Å²) in [5.74, 6) is 6.06. The van der Waals surface area contributed by atoms with Crippen LogP contribution in [0, 0.1) is 11.8 Å². The molecule has 1 aromatic carbocycles. The molecule has 40 heavy (non-hydrogen) atoms. The zero-order valence-electron chi connectivity index (χ0n) is 23.9. The molecule has 3 atom stereocenters. The lowest BCUT2D eigenvalue weighted by atomic mass is 10.0. The van der Waals surface area contributed by atoms with E-state index in [9.17, 15) is 17.6 Å². The van der Waals surface area contributed by atoms with Crippen LogP contribution in [0.5, 0.6) is 0 Å². The van der Waals surface area contributed by atoms with Crippen molar-refractivity contribution in [1.29, 1.82) is 0 Å². The van der Waals surface area contributed by atoms with Gasteiger partial charge >= 0.3 is 6.18 Å². The number of anilines is 1.